The number of piperidine rings is 1. The number of likely N-dealkylation sites (tertiary alicyclic amines) is 1. The van der Waals surface area contributed by atoms with Crippen LogP contribution in [0, 0.1) is 5.92 Å². The van der Waals surface area contributed by atoms with Gasteiger partial charge in [0.25, 0.3) is 5.56 Å². The van der Waals surface area contributed by atoms with Crippen molar-refractivity contribution in [3.63, 3.8) is 0 Å². The number of nitrogens with zero attached hydrogens (tertiary/aromatic N) is 4. The molecule has 0 N–H and O–H groups in total. The van der Waals surface area contributed by atoms with Crippen LogP contribution in [0.3, 0.4) is 0 Å². The molecule has 0 radical (unpaired) electrons. The van der Waals surface area contributed by atoms with Crippen molar-refractivity contribution in [2.45, 2.75) is 44.7 Å². The van der Waals surface area contributed by atoms with E-state index in [-0.39, 0.29) is 11.1 Å². The van der Waals surface area contributed by atoms with Crippen LogP contribution in [-0.2, 0) is 20.1 Å². The molecule has 2 aromatic rings. The van der Waals surface area contributed by atoms with Crippen molar-refractivity contribution < 1.29 is 0 Å². The fourth-order valence-corrected chi connectivity index (χ4v) is 3.76. The van der Waals surface area contributed by atoms with Gasteiger partial charge in [-0.3, -0.25) is 14.5 Å². The lowest BCUT2D eigenvalue weighted by molar-refractivity contribution is 0.160. The summed E-state index contributed by atoms with van der Waals surface area (Å²) in [7, 11) is 1.83. The molecular formula is C20H26N4O2. The molecule has 3 heterocycles. The molecule has 1 saturated heterocycles. The summed E-state index contributed by atoms with van der Waals surface area (Å²) >= 11 is 0. The van der Waals surface area contributed by atoms with E-state index in [2.05, 4.69) is 10.00 Å². The molecular weight excluding hydrogens is 328 g/mol. The standard InChI is InChI=1S/C20H26N4O2/c1-22-17(3-2-4-19(22)25)14-23-11-9-15(10-12-23)13-24-20(26)8-7-18(21-24)16-5-6-16/h2-4,7-8,15-16H,5-6,9-14H2,1H3. The number of hydrogen-bond acceptors (Lipinski definition) is 4. The molecule has 1 aliphatic carbocycles. The lowest BCUT2D eigenvalue weighted by atomic mass is 9.96. The Morgan fingerprint density at radius 3 is 2.50 bits per heavy atom. The van der Waals surface area contributed by atoms with Gasteiger partial charge in [0.15, 0.2) is 0 Å². The third kappa shape index (κ3) is 3.80. The van der Waals surface area contributed by atoms with Crippen LogP contribution in [0.25, 0.3) is 0 Å². The molecule has 0 atom stereocenters. The second-order valence-electron chi connectivity index (χ2n) is 7.69. The summed E-state index contributed by atoms with van der Waals surface area (Å²) in [6.07, 6.45) is 4.52. The Hall–Kier alpha value is -2.21. The minimum absolute atomic E-state index is 0.0103. The monoisotopic (exact) mass is 354 g/mol. The van der Waals surface area contributed by atoms with E-state index in [9.17, 15) is 9.59 Å². The molecule has 4 rings (SSSR count). The van der Waals surface area contributed by atoms with Crippen molar-refractivity contribution in [1.82, 2.24) is 19.2 Å². The van der Waals surface area contributed by atoms with E-state index in [0.717, 1.165) is 50.4 Å². The summed E-state index contributed by atoms with van der Waals surface area (Å²) in [5.74, 6) is 1.06. The first-order valence-corrected chi connectivity index (χ1v) is 9.55. The van der Waals surface area contributed by atoms with Crippen LogP contribution in [0.4, 0.5) is 0 Å². The number of aromatic nitrogens is 3. The average molecular weight is 354 g/mol. The largest absolute Gasteiger partial charge is 0.314 e. The van der Waals surface area contributed by atoms with Crippen LogP contribution in [0.2, 0.25) is 0 Å². The minimum atomic E-state index is 0.0103. The number of hydrogen-bond donors (Lipinski definition) is 0. The van der Waals surface area contributed by atoms with Gasteiger partial charge < -0.3 is 4.57 Å². The number of pyridine rings is 1. The lowest BCUT2D eigenvalue weighted by Crippen LogP contribution is -2.37. The Morgan fingerprint density at radius 2 is 1.77 bits per heavy atom. The van der Waals surface area contributed by atoms with E-state index in [0.29, 0.717) is 11.8 Å². The summed E-state index contributed by atoms with van der Waals surface area (Å²) < 4.78 is 3.40. The van der Waals surface area contributed by atoms with E-state index < -0.39 is 0 Å². The van der Waals surface area contributed by atoms with Gasteiger partial charge >= 0.3 is 0 Å². The molecule has 0 spiro atoms. The molecule has 2 aromatic heterocycles. The minimum Gasteiger partial charge on any atom is -0.314 e. The van der Waals surface area contributed by atoms with Crippen molar-refractivity contribution in [3.05, 3.63) is 62.4 Å². The molecule has 2 aliphatic rings. The van der Waals surface area contributed by atoms with Gasteiger partial charge in [-0.1, -0.05) is 6.07 Å². The Morgan fingerprint density at radius 1 is 1.00 bits per heavy atom. The third-order valence-electron chi connectivity index (χ3n) is 5.70. The van der Waals surface area contributed by atoms with E-state index in [1.165, 1.54) is 12.8 Å². The lowest BCUT2D eigenvalue weighted by Gasteiger charge is -2.32. The molecule has 26 heavy (non-hydrogen) atoms. The fraction of sp³-hybridized carbons (Fsp3) is 0.550. The summed E-state index contributed by atoms with van der Waals surface area (Å²) in [5.41, 5.74) is 2.17. The maximum absolute atomic E-state index is 12.1. The highest BCUT2D eigenvalue weighted by molar-refractivity contribution is 5.12. The maximum atomic E-state index is 12.1. The molecule has 138 valence electrons. The third-order valence-corrected chi connectivity index (χ3v) is 5.70. The summed E-state index contributed by atoms with van der Waals surface area (Å²) in [5, 5.41) is 4.59. The molecule has 0 unspecified atom stereocenters. The Bertz CT molecular complexity index is 889. The molecule has 6 heteroatoms. The van der Waals surface area contributed by atoms with Crippen LogP contribution in [0.1, 0.15) is 43.0 Å². The first-order valence-electron chi connectivity index (χ1n) is 9.55. The highest BCUT2D eigenvalue weighted by Gasteiger charge is 2.26. The molecule has 0 bridgehead atoms. The molecule has 1 aliphatic heterocycles. The SMILES string of the molecule is Cn1c(CN2CCC(Cn3nc(C4CC4)ccc3=O)CC2)cccc1=O. The van der Waals surface area contributed by atoms with Crippen LogP contribution in [-0.4, -0.2) is 32.3 Å². The van der Waals surface area contributed by atoms with Gasteiger partial charge in [-0.05, 0) is 56.8 Å². The first kappa shape index (κ1) is 17.2. The number of rotatable bonds is 5. The van der Waals surface area contributed by atoms with E-state index in [4.69, 9.17) is 0 Å². The zero-order chi connectivity index (χ0) is 18.1. The summed E-state index contributed by atoms with van der Waals surface area (Å²) in [6, 6.07) is 9.00. The van der Waals surface area contributed by atoms with Crippen LogP contribution >= 0.6 is 0 Å². The summed E-state index contributed by atoms with van der Waals surface area (Å²) in [4.78, 5) is 26.3. The Balaban J connectivity index is 1.35. The van der Waals surface area contributed by atoms with Crippen LogP contribution in [0.15, 0.2) is 39.9 Å². The highest BCUT2D eigenvalue weighted by atomic mass is 16.1. The first-order chi connectivity index (χ1) is 12.6. The molecule has 0 aromatic carbocycles. The zero-order valence-electron chi connectivity index (χ0n) is 15.3. The molecule has 6 nitrogen and oxygen atoms in total. The predicted molar refractivity (Wildman–Crippen MR) is 100 cm³/mol. The van der Waals surface area contributed by atoms with Crippen molar-refractivity contribution >= 4 is 0 Å². The van der Waals surface area contributed by atoms with E-state index in [1.54, 1.807) is 21.4 Å². The topological polar surface area (TPSA) is 60.1 Å². The molecule has 2 fully saturated rings. The van der Waals surface area contributed by atoms with E-state index >= 15 is 0 Å². The van der Waals surface area contributed by atoms with Gasteiger partial charge in [0.1, 0.15) is 0 Å². The maximum Gasteiger partial charge on any atom is 0.266 e. The van der Waals surface area contributed by atoms with Crippen molar-refractivity contribution in [3.8, 4) is 0 Å². The quantitative estimate of drug-likeness (QED) is 0.820. The van der Waals surface area contributed by atoms with Crippen LogP contribution < -0.4 is 11.1 Å². The Kier molecular flexibility index (Phi) is 4.76. The van der Waals surface area contributed by atoms with Crippen molar-refractivity contribution in [1.29, 1.82) is 0 Å². The second kappa shape index (κ2) is 7.19. The normalized spacial score (nSPS) is 19.0. The fourth-order valence-electron chi connectivity index (χ4n) is 3.76. The van der Waals surface area contributed by atoms with Gasteiger partial charge in [0.2, 0.25) is 5.56 Å². The predicted octanol–water partition coefficient (Wildman–Crippen LogP) is 1.73. The highest BCUT2D eigenvalue weighted by Crippen LogP contribution is 2.38. The smallest absolute Gasteiger partial charge is 0.266 e. The van der Waals surface area contributed by atoms with Crippen molar-refractivity contribution in [2.24, 2.45) is 13.0 Å². The molecule has 0 amide bonds. The van der Waals surface area contributed by atoms with Gasteiger partial charge in [-0.2, -0.15) is 5.10 Å². The average Bonchev–Trinajstić information content (AvgIpc) is 3.48. The van der Waals surface area contributed by atoms with Gasteiger partial charge in [-0.15, -0.1) is 0 Å². The van der Waals surface area contributed by atoms with E-state index in [1.807, 2.05) is 25.2 Å². The van der Waals surface area contributed by atoms with Crippen LogP contribution in [0.5, 0.6) is 0 Å². The zero-order valence-corrected chi connectivity index (χ0v) is 15.3. The second-order valence-corrected chi connectivity index (χ2v) is 7.69. The summed E-state index contributed by atoms with van der Waals surface area (Å²) in [6.45, 7) is 3.50. The molecule has 1 saturated carbocycles. The van der Waals surface area contributed by atoms with Gasteiger partial charge in [0, 0.05) is 43.9 Å². The van der Waals surface area contributed by atoms with Gasteiger partial charge in [-0.25, -0.2) is 4.68 Å². The van der Waals surface area contributed by atoms with Gasteiger partial charge in [0.05, 0.1) is 5.69 Å². The van der Waals surface area contributed by atoms with Crippen molar-refractivity contribution in [2.75, 3.05) is 13.1 Å². The Labute approximate surface area is 153 Å².